The van der Waals surface area contributed by atoms with Crippen LogP contribution in [0.3, 0.4) is 0 Å². The Morgan fingerprint density at radius 3 is 2.86 bits per heavy atom. The van der Waals surface area contributed by atoms with Gasteiger partial charge in [0, 0.05) is 18.0 Å². The van der Waals surface area contributed by atoms with Gasteiger partial charge in [0.2, 0.25) is 0 Å². The van der Waals surface area contributed by atoms with Gasteiger partial charge >= 0.3 is 0 Å². The van der Waals surface area contributed by atoms with Crippen molar-refractivity contribution in [1.29, 1.82) is 0 Å². The molecular weight excluding hydrogens is 364 g/mol. The molecule has 0 spiro atoms. The Bertz CT molecular complexity index is 1050. The first kappa shape index (κ1) is 17.7. The third kappa shape index (κ3) is 3.12. The Balaban J connectivity index is 1.48. The summed E-state index contributed by atoms with van der Waals surface area (Å²) in [6, 6.07) is 13.5. The number of rotatable bonds is 4. The van der Waals surface area contributed by atoms with Gasteiger partial charge in [-0.25, -0.2) is 0 Å². The zero-order valence-corrected chi connectivity index (χ0v) is 16.3. The Kier molecular flexibility index (Phi) is 4.43. The fraction of sp³-hybridized carbons (Fsp3) is 0.250. The Hall–Kier alpha value is -3.34. The first-order valence-corrected chi connectivity index (χ1v) is 9.89. The number of hydrogen-bond donors (Lipinski definition) is 0. The van der Waals surface area contributed by atoms with Gasteiger partial charge in [0.25, 0.3) is 5.91 Å². The maximum atomic E-state index is 13.4. The average Bonchev–Trinajstić information content (AvgIpc) is 3.08. The van der Waals surface area contributed by atoms with Gasteiger partial charge in [-0.3, -0.25) is 14.7 Å². The number of carbonyl (C=O) groups excluding carboxylic acids is 1. The molecule has 1 aliphatic carbocycles. The summed E-state index contributed by atoms with van der Waals surface area (Å²) in [4.78, 5) is 19.9. The first-order valence-electron chi connectivity index (χ1n) is 9.89. The number of amides is 1. The molecule has 2 aromatic rings. The number of methoxy groups -OCH3 is 1. The molecule has 5 heteroatoms. The second-order valence-electron chi connectivity index (χ2n) is 7.45. The van der Waals surface area contributed by atoms with E-state index in [2.05, 4.69) is 17.1 Å². The summed E-state index contributed by atoms with van der Waals surface area (Å²) >= 11 is 0. The van der Waals surface area contributed by atoms with Crippen molar-refractivity contribution >= 4 is 17.8 Å². The summed E-state index contributed by atoms with van der Waals surface area (Å²) in [5.74, 6) is 1.08. The number of fused-ring (bicyclic) bond motifs is 3. The van der Waals surface area contributed by atoms with Crippen molar-refractivity contribution in [3.05, 3.63) is 77.0 Å². The fourth-order valence-corrected chi connectivity index (χ4v) is 4.19. The minimum Gasteiger partial charge on any atom is -0.493 e. The van der Waals surface area contributed by atoms with E-state index in [4.69, 9.17) is 9.47 Å². The van der Waals surface area contributed by atoms with E-state index in [1.54, 1.807) is 19.2 Å². The molecule has 0 N–H and O–H groups in total. The van der Waals surface area contributed by atoms with Gasteiger partial charge < -0.3 is 9.47 Å². The molecule has 29 heavy (non-hydrogen) atoms. The molecule has 2 aliphatic heterocycles. The van der Waals surface area contributed by atoms with E-state index < -0.39 is 0 Å². The quantitative estimate of drug-likeness (QED) is 0.758. The van der Waals surface area contributed by atoms with Gasteiger partial charge in [0.15, 0.2) is 11.5 Å². The van der Waals surface area contributed by atoms with E-state index in [9.17, 15) is 4.79 Å². The summed E-state index contributed by atoms with van der Waals surface area (Å²) in [5.41, 5.74) is 4.60. The van der Waals surface area contributed by atoms with Crippen molar-refractivity contribution in [1.82, 2.24) is 4.90 Å². The average molecular weight is 386 g/mol. The molecular formula is C24H22N2O3. The van der Waals surface area contributed by atoms with Crippen LogP contribution >= 0.6 is 0 Å². The van der Waals surface area contributed by atoms with Gasteiger partial charge in [0.05, 0.1) is 24.4 Å². The van der Waals surface area contributed by atoms with E-state index in [1.807, 2.05) is 41.4 Å². The summed E-state index contributed by atoms with van der Waals surface area (Å²) in [6.07, 6.45) is 9.02. The second-order valence-corrected chi connectivity index (χ2v) is 7.45. The van der Waals surface area contributed by atoms with Crippen molar-refractivity contribution < 1.29 is 14.3 Å². The fourth-order valence-electron chi connectivity index (χ4n) is 4.19. The van der Waals surface area contributed by atoms with Crippen LogP contribution in [0.5, 0.6) is 11.5 Å². The van der Waals surface area contributed by atoms with Crippen molar-refractivity contribution in [3.63, 3.8) is 0 Å². The van der Waals surface area contributed by atoms with Gasteiger partial charge in [-0.2, -0.15) is 0 Å². The number of hydrogen-bond acceptors (Lipinski definition) is 4. The van der Waals surface area contributed by atoms with Gasteiger partial charge in [-0.15, -0.1) is 0 Å². The van der Waals surface area contributed by atoms with E-state index >= 15 is 0 Å². The van der Waals surface area contributed by atoms with Crippen molar-refractivity contribution in [2.45, 2.75) is 31.9 Å². The Labute approximate surface area is 170 Å². The Morgan fingerprint density at radius 1 is 1.17 bits per heavy atom. The van der Waals surface area contributed by atoms with Crippen LogP contribution in [-0.2, 0) is 6.61 Å². The number of allylic oxidation sites excluding steroid dienone is 2. The van der Waals surface area contributed by atoms with Crippen LogP contribution in [0, 0.1) is 0 Å². The number of aliphatic imine (C=N–C) groups is 1. The molecule has 2 aromatic carbocycles. The van der Waals surface area contributed by atoms with E-state index in [1.165, 1.54) is 5.57 Å². The lowest BCUT2D eigenvalue weighted by Gasteiger charge is -2.24. The lowest BCUT2D eigenvalue weighted by molar-refractivity contribution is 0.0806. The standard InChI is InChI=1S/C24H22N2O3/c1-28-22-12-19-20(13-23(22)29-15-16-7-3-2-4-8-16)25-14-18-11-17-9-5-6-10-21(17)26(18)24(19)27/h2-4,6-8,10,12-14,18H,5,9,11,15H2,1H3/t18-/m0/s1. The second kappa shape index (κ2) is 7.24. The molecule has 0 aromatic heterocycles. The molecule has 0 saturated carbocycles. The van der Waals surface area contributed by atoms with Crippen LogP contribution in [0.2, 0.25) is 0 Å². The van der Waals surface area contributed by atoms with Crippen LogP contribution in [-0.4, -0.2) is 30.2 Å². The number of benzene rings is 2. The van der Waals surface area contributed by atoms with Crippen molar-refractivity contribution in [2.24, 2.45) is 4.99 Å². The third-order valence-corrected chi connectivity index (χ3v) is 5.65. The molecule has 1 amide bonds. The zero-order valence-electron chi connectivity index (χ0n) is 16.3. The summed E-state index contributed by atoms with van der Waals surface area (Å²) < 4.78 is 11.5. The van der Waals surface area contributed by atoms with Crippen LogP contribution in [0.4, 0.5) is 5.69 Å². The minimum absolute atomic E-state index is 0.0256. The molecule has 2 heterocycles. The van der Waals surface area contributed by atoms with Gasteiger partial charge in [-0.1, -0.05) is 36.4 Å². The predicted molar refractivity (Wildman–Crippen MR) is 112 cm³/mol. The highest BCUT2D eigenvalue weighted by Gasteiger charge is 2.37. The molecule has 1 atom stereocenters. The van der Waals surface area contributed by atoms with E-state index in [0.29, 0.717) is 29.4 Å². The lowest BCUT2D eigenvalue weighted by atomic mass is 10.0. The van der Waals surface area contributed by atoms with Crippen molar-refractivity contribution in [3.8, 4) is 11.5 Å². The molecule has 5 nitrogen and oxygen atoms in total. The van der Waals surface area contributed by atoms with Gasteiger partial charge in [-0.05, 0) is 42.5 Å². The van der Waals surface area contributed by atoms with E-state index in [0.717, 1.165) is 30.5 Å². The first-order chi connectivity index (χ1) is 14.2. The normalized spacial score (nSPS) is 19.6. The maximum Gasteiger partial charge on any atom is 0.261 e. The summed E-state index contributed by atoms with van der Waals surface area (Å²) in [7, 11) is 1.59. The smallest absolute Gasteiger partial charge is 0.261 e. The minimum atomic E-state index is -0.0352. The van der Waals surface area contributed by atoms with Crippen LogP contribution in [0.1, 0.15) is 35.2 Å². The summed E-state index contributed by atoms with van der Waals surface area (Å²) in [5, 5.41) is 0. The molecule has 5 rings (SSSR count). The van der Waals surface area contributed by atoms with Crippen LogP contribution in [0.15, 0.2) is 70.9 Å². The number of nitrogens with zero attached hydrogens (tertiary/aromatic N) is 2. The molecule has 0 bridgehead atoms. The number of ether oxygens (including phenoxy) is 2. The molecule has 3 aliphatic rings. The highest BCUT2D eigenvalue weighted by atomic mass is 16.5. The molecule has 146 valence electrons. The predicted octanol–water partition coefficient (Wildman–Crippen LogP) is 4.81. The Morgan fingerprint density at radius 2 is 2.03 bits per heavy atom. The molecule has 0 unspecified atom stereocenters. The SMILES string of the molecule is COc1cc2c(cc1OCc1ccccc1)N=C[C@@H]1CC3=C(C=CCC3)N1C2=O. The topological polar surface area (TPSA) is 51.1 Å². The highest BCUT2D eigenvalue weighted by Crippen LogP contribution is 2.42. The van der Waals surface area contributed by atoms with Gasteiger partial charge in [0.1, 0.15) is 6.61 Å². The monoisotopic (exact) mass is 386 g/mol. The third-order valence-electron chi connectivity index (χ3n) is 5.65. The highest BCUT2D eigenvalue weighted by molar-refractivity contribution is 6.05. The molecule has 0 radical (unpaired) electrons. The van der Waals surface area contributed by atoms with Crippen LogP contribution in [0.25, 0.3) is 0 Å². The number of carbonyl (C=O) groups is 1. The van der Waals surface area contributed by atoms with Crippen LogP contribution < -0.4 is 9.47 Å². The maximum absolute atomic E-state index is 13.4. The molecule has 0 saturated heterocycles. The van der Waals surface area contributed by atoms with Crippen molar-refractivity contribution in [2.75, 3.05) is 7.11 Å². The lowest BCUT2D eigenvalue weighted by Crippen LogP contribution is -2.35. The zero-order chi connectivity index (χ0) is 19.8. The molecule has 0 fully saturated rings. The largest absolute Gasteiger partial charge is 0.493 e. The summed E-state index contributed by atoms with van der Waals surface area (Å²) in [6.45, 7) is 0.420. The van der Waals surface area contributed by atoms with E-state index in [-0.39, 0.29) is 11.9 Å².